The maximum Gasteiger partial charge on any atom is 0.263 e. The maximum absolute atomic E-state index is 13.3. The lowest BCUT2D eigenvalue weighted by molar-refractivity contribution is 0.102. The van der Waals surface area contributed by atoms with E-state index in [0.717, 1.165) is 5.56 Å². The topological polar surface area (TPSA) is 47.6 Å². The maximum atomic E-state index is 13.3. The summed E-state index contributed by atoms with van der Waals surface area (Å²) in [6.45, 7) is 1.79. The van der Waals surface area contributed by atoms with Crippen molar-refractivity contribution in [2.24, 2.45) is 0 Å². The largest absolute Gasteiger partial charge is 0.496 e. The Morgan fingerprint density at radius 1 is 1.10 bits per heavy atom. The molecule has 1 amide bonds. The molecule has 2 aromatic rings. The summed E-state index contributed by atoms with van der Waals surface area (Å²) >= 11 is 0. The van der Waals surface area contributed by atoms with Crippen LogP contribution in [0.4, 0.5) is 10.1 Å². The Labute approximate surface area is 122 Å². The molecule has 0 radical (unpaired) electrons. The second-order valence-corrected chi connectivity index (χ2v) is 4.45. The van der Waals surface area contributed by atoms with Crippen LogP contribution in [0.15, 0.2) is 36.4 Å². The fraction of sp³-hybridized carbons (Fsp3) is 0.188. The first kappa shape index (κ1) is 14.8. The van der Waals surface area contributed by atoms with Crippen molar-refractivity contribution >= 4 is 11.6 Å². The van der Waals surface area contributed by atoms with Crippen LogP contribution in [-0.4, -0.2) is 20.1 Å². The highest BCUT2D eigenvalue weighted by Gasteiger charge is 2.18. The summed E-state index contributed by atoms with van der Waals surface area (Å²) in [5.41, 5.74) is 1.44. The molecule has 4 nitrogen and oxygen atoms in total. The normalized spacial score (nSPS) is 10.1. The van der Waals surface area contributed by atoms with Crippen LogP contribution in [0.5, 0.6) is 11.5 Å². The summed E-state index contributed by atoms with van der Waals surface area (Å²) in [5.74, 6) is -0.0531. The third-order valence-corrected chi connectivity index (χ3v) is 3.10. The highest BCUT2D eigenvalue weighted by Crippen LogP contribution is 2.29. The van der Waals surface area contributed by atoms with Gasteiger partial charge in [-0.15, -0.1) is 0 Å². The lowest BCUT2D eigenvalue weighted by atomic mass is 10.1. The summed E-state index contributed by atoms with van der Waals surface area (Å²) in [7, 11) is 2.94. The number of rotatable bonds is 4. The van der Waals surface area contributed by atoms with E-state index in [0.29, 0.717) is 17.2 Å². The minimum absolute atomic E-state index is 0.270. The Bertz CT molecular complexity index is 648. The molecule has 0 aliphatic rings. The van der Waals surface area contributed by atoms with Crippen LogP contribution >= 0.6 is 0 Å². The number of carbonyl (C=O) groups is 1. The van der Waals surface area contributed by atoms with Crippen molar-refractivity contribution in [2.75, 3.05) is 19.5 Å². The third-order valence-electron chi connectivity index (χ3n) is 3.10. The molecule has 0 spiro atoms. The molecule has 0 unspecified atom stereocenters. The van der Waals surface area contributed by atoms with Crippen LogP contribution in [-0.2, 0) is 0 Å². The molecule has 0 atom stereocenters. The van der Waals surface area contributed by atoms with Crippen LogP contribution in [0.1, 0.15) is 15.9 Å². The Kier molecular flexibility index (Phi) is 4.42. The number of ether oxygens (including phenoxy) is 2. The SMILES string of the molecule is COc1cccc(OC)c1C(=O)Nc1cc(F)ccc1C. The number of amides is 1. The van der Waals surface area contributed by atoms with Crippen molar-refractivity contribution in [3.63, 3.8) is 0 Å². The molecule has 0 aromatic heterocycles. The molecule has 0 aliphatic carbocycles. The second kappa shape index (κ2) is 6.26. The molecule has 0 heterocycles. The Morgan fingerprint density at radius 3 is 2.29 bits per heavy atom. The number of benzene rings is 2. The Hall–Kier alpha value is -2.56. The standard InChI is InChI=1S/C16H16FNO3/c1-10-7-8-11(17)9-12(10)18-16(19)15-13(20-2)5-4-6-14(15)21-3/h4-9H,1-3H3,(H,18,19). The van der Waals surface area contributed by atoms with Gasteiger partial charge in [-0.1, -0.05) is 12.1 Å². The Balaban J connectivity index is 2.38. The number of halogens is 1. The van der Waals surface area contributed by atoms with Crippen molar-refractivity contribution in [3.8, 4) is 11.5 Å². The number of aryl methyl sites for hydroxylation is 1. The number of nitrogens with one attached hydrogen (secondary N) is 1. The van der Waals surface area contributed by atoms with Gasteiger partial charge in [0.05, 0.1) is 14.2 Å². The minimum atomic E-state index is -0.419. The number of hydrogen-bond donors (Lipinski definition) is 1. The van der Waals surface area contributed by atoms with E-state index in [4.69, 9.17) is 9.47 Å². The quantitative estimate of drug-likeness (QED) is 0.938. The van der Waals surface area contributed by atoms with E-state index in [-0.39, 0.29) is 5.56 Å². The van der Waals surface area contributed by atoms with E-state index in [9.17, 15) is 9.18 Å². The third kappa shape index (κ3) is 3.13. The van der Waals surface area contributed by atoms with Crippen molar-refractivity contribution in [3.05, 3.63) is 53.3 Å². The zero-order valence-electron chi connectivity index (χ0n) is 12.1. The highest BCUT2D eigenvalue weighted by molar-refractivity contribution is 6.08. The van der Waals surface area contributed by atoms with Gasteiger partial charge in [0.25, 0.3) is 5.91 Å². The molecule has 2 aromatic carbocycles. The molecule has 1 N–H and O–H groups in total. The number of anilines is 1. The molecule has 0 aliphatic heterocycles. The van der Waals surface area contributed by atoms with Crippen molar-refractivity contribution < 1.29 is 18.7 Å². The lowest BCUT2D eigenvalue weighted by Crippen LogP contribution is -2.15. The van der Waals surface area contributed by atoms with Crippen LogP contribution in [0.2, 0.25) is 0 Å². The van der Waals surface area contributed by atoms with Gasteiger partial charge in [0, 0.05) is 5.69 Å². The van der Waals surface area contributed by atoms with Crippen LogP contribution in [0, 0.1) is 12.7 Å². The zero-order valence-corrected chi connectivity index (χ0v) is 12.1. The van der Waals surface area contributed by atoms with Crippen molar-refractivity contribution in [1.82, 2.24) is 0 Å². The number of methoxy groups -OCH3 is 2. The van der Waals surface area contributed by atoms with Crippen molar-refractivity contribution in [2.45, 2.75) is 6.92 Å². The first-order valence-corrected chi connectivity index (χ1v) is 6.35. The molecular weight excluding hydrogens is 273 g/mol. The van der Waals surface area contributed by atoms with Gasteiger partial charge in [0.15, 0.2) is 0 Å². The van der Waals surface area contributed by atoms with Gasteiger partial charge >= 0.3 is 0 Å². The van der Waals surface area contributed by atoms with E-state index < -0.39 is 11.7 Å². The predicted octanol–water partition coefficient (Wildman–Crippen LogP) is 3.40. The molecule has 2 rings (SSSR count). The smallest absolute Gasteiger partial charge is 0.263 e. The summed E-state index contributed by atoms with van der Waals surface area (Å²) < 4.78 is 23.7. The fourth-order valence-electron chi connectivity index (χ4n) is 1.99. The Morgan fingerprint density at radius 2 is 1.71 bits per heavy atom. The first-order chi connectivity index (χ1) is 10.1. The predicted molar refractivity (Wildman–Crippen MR) is 78.6 cm³/mol. The van der Waals surface area contributed by atoms with E-state index >= 15 is 0 Å². The van der Waals surface area contributed by atoms with E-state index in [1.54, 1.807) is 31.2 Å². The molecule has 21 heavy (non-hydrogen) atoms. The summed E-state index contributed by atoms with van der Waals surface area (Å²) in [5, 5.41) is 2.68. The minimum Gasteiger partial charge on any atom is -0.496 e. The lowest BCUT2D eigenvalue weighted by Gasteiger charge is -2.14. The van der Waals surface area contributed by atoms with Gasteiger partial charge in [0.1, 0.15) is 22.9 Å². The average molecular weight is 289 g/mol. The van der Waals surface area contributed by atoms with Gasteiger partial charge in [0.2, 0.25) is 0 Å². The number of carbonyl (C=O) groups excluding carboxylic acids is 1. The van der Waals surface area contributed by atoms with Crippen LogP contribution in [0.3, 0.4) is 0 Å². The molecule has 0 bridgehead atoms. The molecular formula is C16H16FNO3. The molecule has 0 saturated carbocycles. The van der Waals surface area contributed by atoms with Crippen molar-refractivity contribution in [1.29, 1.82) is 0 Å². The van der Waals surface area contributed by atoms with Gasteiger partial charge in [-0.05, 0) is 36.8 Å². The second-order valence-electron chi connectivity index (χ2n) is 4.45. The summed E-state index contributed by atoms with van der Waals surface area (Å²) in [4.78, 5) is 12.4. The fourth-order valence-corrected chi connectivity index (χ4v) is 1.99. The monoisotopic (exact) mass is 289 g/mol. The summed E-state index contributed by atoms with van der Waals surface area (Å²) in [6, 6.07) is 9.27. The molecule has 0 fully saturated rings. The van der Waals surface area contributed by atoms with E-state index in [1.165, 1.54) is 26.4 Å². The van der Waals surface area contributed by atoms with Gasteiger partial charge in [-0.25, -0.2) is 4.39 Å². The molecule has 5 heteroatoms. The first-order valence-electron chi connectivity index (χ1n) is 6.35. The number of hydrogen-bond acceptors (Lipinski definition) is 3. The zero-order chi connectivity index (χ0) is 15.4. The molecule has 0 saturated heterocycles. The van der Waals surface area contributed by atoms with E-state index in [2.05, 4.69) is 5.32 Å². The average Bonchev–Trinajstić information content (AvgIpc) is 2.49. The van der Waals surface area contributed by atoms with Crippen LogP contribution in [0.25, 0.3) is 0 Å². The molecule has 110 valence electrons. The van der Waals surface area contributed by atoms with Crippen LogP contribution < -0.4 is 14.8 Å². The highest BCUT2D eigenvalue weighted by atomic mass is 19.1. The van der Waals surface area contributed by atoms with Gasteiger partial charge in [-0.3, -0.25) is 4.79 Å². The van der Waals surface area contributed by atoms with E-state index in [1.807, 2.05) is 0 Å². The van der Waals surface area contributed by atoms with Gasteiger partial charge < -0.3 is 14.8 Å². The summed E-state index contributed by atoms with van der Waals surface area (Å²) in [6.07, 6.45) is 0. The van der Waals surface area contributed by atoms with Gasteiger partial charge in [-0.2, -0.15) is 0 Å².